The summed E-state index contributed by atoms with van der Waals surface area (Å²) in [6.45, 7) is 5.28. The van der Waals surface area contributed by atoms with Gasteiger partial charge in [0.15, 0.2) is 5.82 Å². The lowest BCUT2D eigenvalue weighted by Crippen LogP contribution is -2.49. The smallest absolute Gasteiger partial charge is 0.231 e. The Kier molecular flexibility index (Phi) is 4.43. The molecule has 0 spiro atoms. The molecule has 1 amide bonds. The molecule has 0 atom stereocenters. The number of nitrogens with zero attached hydrogens (tertiary/aromatic N) is 5. The summed E-state index contributed by atoms with van der Waals surface area (Å²) in [5.74, 6) is 1.87. The Morgan fingerprint density at radius 2 is 2.15 bits per heavy atom. The fourth-order valence-corrected chi connectivity index (χ4v) is 3.77. The molecule has 0 unspecified atom stereocenters. The molecule has 0 radical (unpaired) electrons. The fourth-order valence-electron chi connectivity index (χ4n) is 3.01. The van der Waals surface area contributed by atoms with Crippen LogP contribution >= 0.6 is 11.3 Å². The average molecular weight is 372 g/mol. The van der Waals surface area contributed by atoms with Crippen LogP contribution in [0.25, 0.3) is 10.2 Å². The third-order valence-corrected chi connectivity index (χ3v) is 5.11. The number of aromatic amines is 1. The largest absolute Gasteiger partial charge is 0.369 e. The van der Waals surface area contributed by atoms with Crippen LogP contribution < -0.4 is 16.0 Å². The molecule has 3 aromatic heterocycles. The molecular weight excluding hydrogens is 352 g/mol. The molecule has 136 valence electrons. The van der Waals surface area contributed by atoms with Crippen LogP contribution in [0.15, 0.2) is 17.5 Å². The zero-order valence-corrected chi connectivity index (χ0v) is 15.2. The van der Waals surface area contributed by atoms with E-state index in [-0.39, 0.29) is 5.91 Å². The van der Waals surface area contributed by atoms with Gasteiger partial charge >= 0.3 is 0 Å². The molecule has 10 heteroatoms. The summed E-state index contributed by atoms with van der Waals surface area (Å²) in [5.41, 5.74) is 6.26. The van der Waals surface area contributed by atoms with Gasteiger partial charge in [0.05, 0.1) is 11.9 Å². The molecule has 26 heavy (non-hydrogen) atoms. The molecule has 1 fully saturated rings. The minimum absolute atomic E-state index is 0.296. The minimum Gasteiger partial charge on any atom is -0.369 e. The van der Waals surface area contributed by atoms with Gasteiger partial charge in [0, 0.05) is 37.9 Å². The van der Waals surface area contributed by atoms with Gasteiger partial charge in [-0.25, -0.2) is 4.98 Å². The number of fused-ring (bicyclic) bond motifs is 1. The highest BCUT2D eigenvalue weighted by molar-refractivity contribution is 7.16. The number of amides is 1. The minimum atomic E-state index is -0.296. The highest BCUT2D eigenvalue weighted by Crippen LogP contribution is 2.29. The highest BCUT2D eigenvalue weighted by atomic mass is 32.1. The summed E-state index contributed by atoms with van der Waals surface area (Å²) >= 11 is 1.59. The molecule has 4 N–H and O–H groups in total. The maximum absolute atomic E-state index is 11.1. The Hall–Kier alpha value is -2.72. The monoisotopic (exact) mass is 372 g/mol. The normalized spacial score (nSPS) is 15.5. The van der Waals surface area contributed by atoms with Gasteiger partial charge in [0.25, 0.3) is 0 Å². The van der Waals surface area contributed by atoms with Crippen molar-refractivity contribution in [1.82, 2.24) is 25.1 Å². The second kappa shape index (κ2) is 6.89. The van der Waals surface area contributed by atoms with Gasteiger partial charge in [-0.15, -0.1) is 11.3 Å². The molecular formula is C16H20N8OS. The summed E-state index contributed by atoms with van der Waals surface area (Å²) in [6, 6.07) is 3.94. The number of hydrogen-bond acceptors (Lipinski definition) is 8. The Labute approximate surface area is 154 Å². The van der Waals surface area contributed by atoms with Crippen molar-refractivity contribution in [2.45, 2.75) is 6.92 Å². The predicted octanol–water partition coefficient (Wildman–Crippen LogP) is 1.07. The zero-order chi connectivity index (χ0) is 18.1. The van der Waals surface area contributed by atoms with Crippen molar-refractivity contribution in [1.29, 1.82) is 0 Å². The molecule has 4 heterocycles. The van der Waals surface area contributed by atoms with Crippen molar-refractivity contribution in [3.63, 3.8) is 0 Å². The second-order valence-electron chi connectivity index (χ2n) is 6.30. The Balaban J connectivity index is 1.57. The van der Waals surface area contributed by atoms with Gasteiger partial charge in [0.1, 0.15) is 10.6 Å². The maximum atomic E-state index is 11.1. The van der Waals surface area contributed by atoms with Crippen LogP contribution in [0.4, 0.5) is 17.6 Å². The highest BCUT2D eigenvalue weighted by Gasteiger charge is 2.21. The number of nitrogens with two attached hydrogens (primary N) is 1. The SMILES string of the molecule is Cc1cc(Nc2nc(N3CCN(CC(N)=O)CC3)nc3sccc23)n[nH]1. The van der Waals surface area contributed by atoms with Crippen LogP contribution in [0.2, 0.25) is 0 Å². The van der Waals surface area contributed by atoms with E-state index in [9.17, 15) is 4.79 Å². The van der Waals surface area contributed by atoms with E-state index in [0.29, 0.717) is 12.5 Å². The molecule has 9 nitrogen and oxygen atoms in total. The topological polar surface area (TPSA) is 116 Å². The number of thiophene rings is 1. The first-order chi connectivity index (χ1) is 12.6. The fraction of sp³-hybridized carbons (Fsp3) is 0.375. The molecule has 1 saturated heterocycles. The van der Waals surface area contributed by atoms with Crippen molar-refractivity contribution >= 4 is 45.0 Å². The van der Waals surface area contributed by atoms with Gasteiger partial charge < -0.3 is 16.0 Å². The number of H-pyrrole nitrogens is 1. The van der Waals surface area contributed by atoms with Crippen molar-refractivity contribution in [3.8, 4) is 0 Å². The van der Waals surface area contributed by atoms with E-state index in [4.69, 9.17) is 15.7 Å². The second-order valence-corrected chi connectivity index (χ2v) is 7.20. The summed E-state index contributed by atoms with van der Waals surface area (Å²) in [5, 5.41) is 13.4. The van der Waals surface area contributed by atoms with E-state index in [2.05, 4.69) is 20.4 Å². The lowest BCUT2D eigenvalue weighted by molar-refractivity contribution is -0.119. The number of carbonyl (C=O) groups is 1. The lowest BCUT2D eigenvalue weighted by Gasteiger charge is -2.34. The van der Waals surface area contributed by atoms with E-state index < -0.39 is 0 Å². The molecule has 0 aliphatic carbocycles. The maximum Gasteiger partial charge on any atom is 0.231 e. The van der Waals surface area contributed by atoms with E-state index in [1.165, 1.54) is 0 Å². The lowest BCUT2D eigenvalue weighted by atomic mass is 10.3. The van der Waals surface area contributed by atoms with E-state index in [1.54, 1.807) is 11.3 Å². The van der Waals surface area contributed by atoms with Crippen molar-refractivity contribution in [2.75, 3.05) is 42.9 Å². The first-order valence-electron chi connectivity index (χ1n) is 8.38. The third kappa shape index (κ3) is 3.46. The van der Waals surface area contributed by atoms with Crippen molar-refractivity contribution in [3.05, 3.63) is 23.2 Å². The number of primary amides is 1. The Bertz CT molecular complexity index is 927. The van der Waals surface area contributed by atoms with Crippen LogP contribution in [0.3, 0.4) is 0 Å². The first kappa shape index (κ1) is 16.7. The zero-order valence-electron chi connectivity index (χ0n) is 14.4. The Morgan fingerprint density at radius 1 is 1.35 bits per heavy atom. The molecule has 4 rings (SSSR count). The standard InChI is InChI=1S/C16H20N8OS/c1-10-8-13(22-21-10)18-14-11-2-7-26-15(11)20-16(19-14)24-5-3-23(4-6-24)9-12(17)25/h2,7-8H,3-6,9H2,1H3,(H2,17,25)(H2,18,19,20,21,22). The van der Waals surface area contributed by atoms with Crippen LogP contribution in [0, 0.1) is 6.92 Å². The first-order valence-corrected chi connectivity index (χ1v) is 9.26. The van der Waals surface area contributed by atoms with Crippen molar-refractivity contribution in [2.24, 2.45) is 5.73 Å². The van der Waals surface area contributed by atoms with E-state index in [0.717, 1.165) is 53.7 Å². The number of nitrogens with one attached hydrogen (secondary N) is 2. The molecule has 3 aromatic rings. The summed E-state index contributed by atoms with van der Waals surface area (Å²) in [4.78, 5) is 25.6. The van der Waals surface area contributed by atoms with Crippen LogP contribution in [-0.4, -0.2) is 63.7 Å². The number of carbonyl (C=O) groups excluding carboxylic acids is 1. The summed E-state index contributed by atoms with van der Waals surface area (Å²) in [7, 11) is 0. The number of aryl methyl sites for hydroxylation is 1. The van der Waals surface area contributed by atoms with E-state index >= 15 is 0 Å². The summed E-state index contributed by atoms with van der Waals surface area (Å²) < 4.78 is 0. The van der Waals surface area contributed by atoms with Crippen LogP contribution in [-0.2, 0) is 4.79 Å². The van der Waals surface area contributed by atoms with Gasteiger partial charge in [-0.2, -0.15) is 10.1 Å². The third-order valence-electron chi connectivity index (χ3n) is 4.30. The van der Waals surface area contributed by atoms with Crippen molar-refractivity contribution < 1.29 is 4.79 Å². The van der Waals surface area contributed by atoms with Gasteiger partial charge in [-0.1, -0.05) is 0 Å². The van der Waals surface area contributed by atoms with Gasteiger partial charge in [-0.3, -0.25) is 14.8 Å². The van der Waals surface area contributed by atoms with Crippen LogP contribution in [0.1, 0.15) is 5.69 Å². The number of rotatable bonds is 5. The number of hydrogen-bond donors (Lipinski definition) is 3. The number of piperazine rings is 1. The van der Waals surface area contributed by atoms with E-state index in [1.807, 2.05) is 29.3 Å². The van der Waals surface area contributed by atoms with Gasteiger partial charge in [-0.05, 0) is 18.4 Å². The number of anilines is 3. The average Bonchev–Trinajstić information content (AvgIpc) is 3.24. The predicted molar refractivity (Wildman–Crippen MR) is 102 cm³/mol. The number of aromatic nitrogens is 4. The molecule has 1 aliphatic rings. The molecule has 0 aromatic carbocycles. The Morgan fingerprint density at radius 3 is 2.85 bits per heavy atom. The van der Waals surface area contributed by atoms with Gasteiger partial charge in [0.2, 0.25) is 11.9 Å². The molecule has 1 aliphatic heterocycles. The van der Waals surface area contributed by atoms with Crippen LogP contribution in [0.5, 0.6) is 0 Å². The molecule has 0 bridgehead atoms. The summed E-state index contributed by atoms with van der Waals surface area (Å²) in [6.07, 6.45) is 0. The molecule has 0 saturated carbocycles. The quantitative estimate of drug-likeness (QED) is 0.613.